The zero-order valence-electron chi connectivity index (χ0n) is 19.2. The van der Waals surface area contributed by atoms with Gasteiger partial charge in [0.05, 0.1) is 0 Å². The summed E-state index contributed by atoms with van der Waals surface area (Å²) in [6.45, 7) is -0.900. The van der Waals surface area contributed by atoms with Gasteiger partial charge in [-0.2, -0.15) is 96.6 Å². The lowest BCUT2D eigenvalue weighted by molar-refractivity contribution is -0.500. The van der Waals surface area contributed by atoms with Gasteiger partial charge in [0.15, 0.2) is 0 Å². The van der Waals surface area contributed by atoms with Gasteiger partial charge in [-0.1, -0.05) is 0 Å². The molecule has 0 spiro atoms. The monoisotopic (exact) mass is 728 g/mol. The Morgan fingerprint density at radius 2 is 0.545 bits per heavy atom. The van der Waals surface area contributed by atoms with E-state index in [0.717, 1.165) is 0 Å². The molecule has 0 rings (SSSR count). The van der Waals surface area contributed by atoms with Crippen molar-refractivity contribution < 1.29 is 129 Å². The quantitative estimate of drug-likeness (QED) is 0.173. The maximum absolute atomic E-state index is 13.7. The average molecular weight is 728 g/mol. The predicted molar refractivity (Wildman–Crippen MR) is 79.2 cm³/mol. The van der Waals surface area contributed by atoms with E-state index in [2.05, 4.69) is 0 Å². The zero-order valence-corrected chi connectivity index (χ0v) is 19.2. The van der Waals surface area contributed by atoms with Crippen molar-refractivity contribution in [2.45, 2.75) is 91.3 Å². The van der Waals surface area contributed by atoms with Crippen LogP contribution >= 0.6 is 0 Å². The smallest absolute Gasteiger partial charge is 0.332 e. The Labute approximate surface area is 221 Å². The van der Waals surface area contributed by atoms with Gasteiger partial charge in [0.1, 0.15) is 0 Å². The highest BCUT2D eigenvalue weighted by Gasteiger charge is 2.98. The fourth-order valence-corrected chi connectivity index (χ4v) is 2.13. The summed E-state index contributed by atoms with van der Waals surface area (Å²) in [6.07, 6.45) is -33.6. The highest BCUT2D eigenvalue weighted by atomic mass is 19.4. The van der Waals surface area contributed by atoms with E-state index in [1.807, 2.05) is 0 Å². The van der Waals surface area contributed by atoms with Gasteiger partial charge in [-0.15, -0.1) is 0 Å². The third-order valence-corrected chi connectivity index (χ3v) is 4.67. The highest BCUT2D eigenvalue weighted by molar-refractivity contribution is 5.17. The fraction of sp³-hybridized carbons (Fsp3) is 1.00. The Hall–Kier alpha value is -1.94. The summed E-state index contributed by atoms with van der Waals surface area (Å²) in [5.74, 6) is -79.7. The molecule has 1 N–H and O–H groups in total. The molecule has 0 heterocycles. The minimum atomic E-state index is -9.59. The average Bonchev–Trinajstić information content (AvgIpc) is 2.75. The van der Waals surface area contributed by atoms with Crippen LogP contribution in [-0.4, -0.2) is 89.5 Å². The van der Waals surface area contributed by atoms with Crippen LogP contribution in [0.1, 0.15) is 6.92 Å². The molecular formula is C15H6F26O3. The first-order valence-electron chi connectivity index (χ1n) is 9.40. The Balaban J connectivity index is 7.10. The number of hydrogen-bond acceptors (Lipinski definition) is 3. The number of ether oxygens (including phenoxy) is 2. The van der Waals surface area contributed by atoms with Gasteiger partial charge in [-0.05, 0) is 0 Å². The summed E-state index contributed by atoms with van der Waals surface area (Å²) < 4.78 is 347. The molecule has 29 heteroatoms. The third-order valence-electron chi connectivity index (χ3n) is 4.67. The molecule has 0 saturated carbocycles. The van der Waals surface area contributed by atoms with Crippen LogP contribution in [0.5, 0.6) is 0 Å². The maximum atomic E-state index is 13.7. The Bertz CT molecular complexity index is 927. The molecule has 2 unspecified atom stereocenters. The highest BCUT2D eigenvalue weighted by Crippen LogP contribution is 2.66. The van der Waals surface area contributed by atoms with Gasteiger partial charge in [-0.3, -0.25) is 9.47 Å². The lowest BCUT2D eigenvalue weighted by atomic mass is 9.87. The second-order valence-electron chi connectivity index (χ2n) is 8.04. The molecule has 0 aromatic rings. The Kier molecular flexibility index (Phi) is 10.3. The van der Waals surface area contributed by atoms with E-state index < -0.39 is 91.3 Å². The summed E-state index contributed by atoms with van der Waals surface area (Å²) in [6, 6.07) is 0. The molecular weight excluding hydrogens is 722 g/mol. The van der Waals surface area contributed by atoms with Crippen molar-refractivity contribution in [1.29, 1.82) is 0 Å². The second kappa shape index (κ2) is 10.8. The molecule has 44 heavy (non-hydrogen) atoms. The molecule has 266 valence electrons. The Morgan fingerprint density at radius 3 is 0.727 bits per heavy atom. The van der Waals surface area contributed by atoms with Crippen LogP contribution in [0.15, 0.2) is 0 Å². The number of aliphatic hydroxyl groups is 1. The van der Waals surface area contributed by atoms with E-state index >= 15 is 0 Å². The van der Waals surface area contributed by atoms with E-state index in [0.29, 0.717) is 0 Å². The molecule has 0 amide bonds. The standard InChI is InChI=1S/C15H6F26O3/c1-4(18,19)2(16)43-14(38,39)12(34,35)10(30,31)8(26,27)6(22,23)7(24,25)9(28,29)11(32,33)13(36,37)15(40,41)44-3(17)5(20,21)42/h2-3,42H,1H3. The van der Waals surface area contributed by atoms with E-state index in [1.165, 1.54) is 4.74 Å². The van der Waals surface area contributed by atoms with E-state index in [9.17, 15) is 114 Å². The molecule has 0 aliphatic heterocycles. The van der Waals surface area contributed by atoms with Crippen molar-refractivity contribution in [3.8, 4) is 0 Å². The molecule has 0 aliphatic rings. The van der Waals surface area contributed by atoms with Crippen LogP contribution in [0, 0.1) is 0 Å². The first-order valence-corrected chi connectivity index (χ1v) is 9.40. The van der Waals surface area contributed by atoms with Gasteiger partial charge in [0, 0.05) is 6.92 Å². The number of halogens is 26. The van der Waals surface area contributed by atoms with Gasteiger partial charge in [0.2, 0.25) is 0 Å². The molecule has 2 atom stereocenters. The Morgan fingerprint density at radius 1 is 0.364 bits per heavy atom. The van der Waals surface area contributed by atoms with Crippen LogP contribution in [0.25, 0.3) is 0 Å². The van der Waals surface area contributed by atoms with Crippen molar-refractivity contribution in [1.82, 2.24) is 0 Å². The molecule has 3 nitrogen and oxygen atoms in total. The molecule has 0 radical (unpaired) electrons. The summed E-state index contributed by atoms with van der Waals surface area (Å²) in [4.78, 5) is 0. The molecule has 0 fully saturated rings. The summed E-state index contributed by atoms with van der Waals surface area (Å²) in [7, 11) is 0. The van der Waals surface area contributed by atoms with Gasteiger partial charge >= 0.3 is 65.7 Å². The first-order chi connectivity index (χ1) is 18.5. The maximum Gasteiger partial charge on any atom is 0.428 e. The minimum Gasteiger partial charge on any atom is -0.332 e. The largest absolute Gasteiger partial charge is 0.428 e. The van der Waals surface area contributed by atoms with Gasteiger partial charge < -0.3 is 5.11 Å². The van der Waals surface area contributed by atoms with Crippen molar-refractivity contribution >= 4 is 0 Å². The summed E-state index contributed by atoms with van der Waals surface area (Å²) >= 11 is 0. The summed E-state index contributed by atoms with van der Waals surface area (Å²) in [5.41, 5.74) is 0. The summed E-state index contributed by atoms with van der Waals surface area (Å²) in [5, 5.41) is 7.59. The van der Waals surface area contributed by atoms with Crippen molar-refractivity contribution in [2.75, 3.05) is 0 Å². The molecule has 0 bridgehead atoms. The molecule has 0 aromatic heterocycles. The number of rotatable bonds is 15. The van der Waals surface area contributed by atoms with E-state index in [1.54, 1.807) is 4.74 Å². The SMILES string of the molecule is CC(F)(F)C(F)OC(F)(F)C(F)(F)C(F)(F)C(F)(F)C(F)(F)C(F)(F)C(F)(F)C(F)(F)C(F)(F)C(F)(F)OC(F)C(O)(F)F. The van der Waals surface area contributed by atoms with Gasteiger partial charge in [-0.25, -0.2) is 17.6 Å². The van der Waals surface area contributed by atoms with Crippen molar-refractivity contribution in [3.05, 3.63) is 0 Å². The first kappa shape index (κ1) is 42.1. The van der Waals surface area contributed by atoms with Crippen LogP contribution in [-0.2, 0) is 9.47 Å². The van der Waals surface area contributed by atoms with Crippen LogP contribution in [0.4, 0.5) is 114 Å². The van der Waals surface area contributed by atoms with E-state index in [-0.39, 0.29) is 0 Å². The molecule has 0 aliphatic carbocycles. The zero-order chi connectivity index (χ0) is 36.6. The predicted octanol–water partition coefficient (Wildman–Crippen LogP) is 8.12. The second-order valence-corrected chi connectivity index (χ2v) is 8.04. The molecule has 0 aromatic carbocycles. The fourth-order valence-electron chi connectivity index (χ4n) is 2.13. The number of alkyl halides is 26. The third kappa shape index (κ3) is 5.98. The number of hydrogen-bond donors (Lipinski definition) is 1. The van der Waals surface area contributed by atoms with Crippen LogP contribution in [0.2, 0.25) is 0 Å². The minimum absolute atomic E-state index is 0.900. The van der Waals surface area contributed by atoms with Crippen LogP contribution in [0.3, 0.4) is 0 Å². The van der Waals surface area contributed by atoms with Crippen molar-refractivity contribution in [3.63, 3.8) is 0 Å². The topological polar surface area (TPSA) is 38.7 Å². The van der Waals surface area contributed by atoms with Crippen molar-refractivity contribution in [2.24, 2.45) is 0 Å². The molecule has 0 saturated heterocycles. The lowest BCUT2D eigenvalue weighted by Gasteiger charge is -2.44. The van der Waals surface area contributed by atoms with E-state index in [4.69, 9.17) is 5.11 Å². The normalized spacial score (nSPS) is 18.0. The lowest BCUT2D eigenvalue weighted by Crippen LogP contribution is -2.77. The van der Waals surface area contributed by atoms with Crippen LogP contribution < -0.4 is 0 Å². The van der Waals surface area contributed by atoms with Gasteiger partial charge in [0.25, 0.3) is 18.6 Å².